The van der Waals surface area contributed by atoms with Crippen LogP contribution in [-0.4, -0.2) is 34.8 Å². The van der Waals surface area contributed by atoms with Gasteiger partial charge in [0.15, 0.2) is 15.8 Å². The average Bonchev–Trinajstić information content (AvgIpc) is 3.13. The van der Waals surface area contributed by atoms with Gasteiger partial charge < -0.3 is 10.3 Å². The summed E-state index contributed by atoms with van der Waals surface area (Å²) in [7, 11) is -2.11. The molecule has 0 bridgehead atoms. The van der Waals surface area contributed by atoms with E-state index in [0.29, 0.717) is 16.6 Å². The molecule has 21 heavy (non-hydrogen) atoms. The number of hydrogen-bond donors (Lipinski definition) is 3. The van der Waals surface area contributed by atoms with Crippen molar-refractivity contribution < 1.29 is 8.42 Å². The summed E-state index contributed by atoms with van der Waals surface area (Å²) in [5.41, 5.74) is 0. The number of nitrogens with zero attached hydrogens (tertiary/aromatic N) is 3. The van der Waals surface area contributed by atoms with Crippen LogP contribution in [0.25, 0.3) is 4.96 Å². The molecule has 3 aromatic rings. The molecule has 0 aliphatic heterocycles. The molecule has 8 nitrogen and oxygen atoms in total. The first-order valence-electron chi connectivity index (χ1n) is 6.18. The van der Waals surface area contributed by atoms with Crippen molar-refractivity contribution in [2.75, 3.05) is 12.4 Å². The van der Waals surface area contributed by atoms with Gasteiger partial charge in [0, 0.05) is 31.0 Å². The van der Waals surface area contributed by atoms with Crippen LogP contribution in [0.3, 0.4) is 0 Å². The number of H-pyrrole nitrogens is 1. The van der Waals surface area contributed by atoms with Gasteiger partial charge in [0.05, 0.1) is 6.04 Å². The second-order valence-electron chi connectivity index (χ2n) is 4.39. The van der Waals surface area contributed by atoms with E-state index in [9.17, 15) is 8.42 Å². The lowest BCUT2D eigenvalue weighted by atomic mass is 10.3. The Labute approximate surface area is 125 Å². The van der Waals surface area contributed by atoms with Crippen molar-refractivity contribution in [1.82, 2.24) is 24.1 Å². The first-order valence-corrected chi connectivity index (χ1v) is 8.54. The minimum absolute atomic E-state index is 0.0969. The predicted octanol–water partition coefficient (Wildman–Crippen LogP) is 1.20. The first kappa shape index (κ1) is 14.0. The predicted molar refractivity (Wildman–Crippen MR) is 79.9 cm³/mol. The molecule has 10 heteroatoms. The average molecular weight is 326 g/mol. The number of hydrogen-bond acceptors (Lipinski definition) is 6. The summed E-state index contributed by atoms with van der Waals surface area (Å²) in [6, 6.07) is -0.473. The van der Waals surface area contributed by atoms with Crippen LogP contribution in [0.1, 0.15) is 18.8 Å². The normalized spacial score (nSPS) is 13.6. The van der Waals surface area contributed by atoms with E-state index in [0.717, 1.165) is 0 Å². The Morgan fingerprint density at radius 3 is 2.95 bits per heavy atom. The Balaban J connectivity index is 2.02. The molecular weight excluding hydrogens is 312 g/mol. The largest absolute Gasteiger partial charge is 0.371 e. The highest BCUT2D eigenvalue weighted by atomic mass is 32.2. The fraction of sp³-hybridized carbons (Fsp3) is 0.273. The minimum Gasteiger partial charge on any atom is -0.371 e. The van der Waals surface area contributed by atoms with Crippen molar-refractivity contribution in [2.24, 2.45) is 0 Å². The number of sulfonamides is 1. The van der Waals surface area contributed by atoms with Gasteiger partial charge in [-0.05, 0) is 6.92 Å². The number of aromatic amines is 1. The zero-order valence-corrected chi connectivity index (χ0v) is 13.0. The lowest BCUT2D eigenvalue weighted by Gasteiger charge is -2.12. The van der Waals surface area contributed by atoms with Gasteiger partial charge in [0.25, 0.3) is 10.0 Å². The molecule has 0 spiro atoms. The molecule has 0 saturated carbocycles. The fourth-order valence-corrected chi connectivity index (χ4v) is 4.31. The van der Waals surface area contributed by atoms with E-state index in [1.165, 1.54) is 11.3 Å². The molecule has 0 aromatic carbocycles. The molecule has 3 aromatic heterocycles. The SMILES string of the molecule is CNc1nc2sccn2c1S(=O)(=O)NC(C)c1ncc[nH]1. The Kier molecular flexibility index (Phi) is 3.43. The minimum atomic E-state index is -3.75. The first-order chi connectivity index (χ1) is 10.0. The molecule has 0 saturated heterocycles. The van der Waals surface area contributed by atoms with Gasteiger partial charge in [-0.15, -0.1) is 11.3 Å². The Morgan fingerprint density at radius 2 is 2.29 bits per heavy atom. The number of nitrogens with one attached hydrogen (secondary N) is 3. The van der Waals surface area contributed by atoms with Gasteiger partial charge in [0.2, 0.25) is 0 Å². The molecule has 3 heterocycles. The van der Waals surface area contributed by atoms with Gasteiger partial charge >= 0.3 is 0 Å². The highest BCUT2D eigenvalue weighted by molar-refractivity contribution is 7.89. The smallest absolute Gasteiger partial charge is 0.261 e. The number of imidazole rings is 2. The summed E-state index contributed by atoms with van der Waals surface area (Å²) in [4.78, 5) is 11.8. The van der Waals surface area contributed by atoms with Crippen molar-refractivity contribution in [1.29, 1.82) is 0 Å². The van der Waals surface area contributed by atoms with Crippen LogP contribution in [0.2, 0.25) is 0 Å². The fourth-order valence-electron chi connectivity index (χ4n) is 2.04. The summed E-state index contributed by atoms with van der Waals surface area (Å²) in [6.07, 6.45) is 4.91. The van der Waals surface area contributed by atoms with Crippen LogP contribution in [0.5, 0.6) is 0 Å². The molecule has 0 amide bonds. The van der Waals surface area contributed by atoms with E-state index >= 15 is 0 Å². The van der Waals surface area contributed by atoms with Gasteiger partial charge in [-0.2, -0.15) is 4.72 Å². The molecule has 0 aliphatic rings. The molecule has 1 unspecified atom stereocenters. The maximum absolute atomic E-state index is 12.6. The zero-order chi connectivity index (χ0) is 15.0. The van der Waals surface area contributed by atoms with Crippen molar-refractivity contribution >= 4 is 32.1 Å². The number of fused-ring (bicyclic) bond motifs is 1. The van der Waals surface area contributed by atoms with Crippen molar-refractivity contribution in [3.05, 3.63) is 29.8 Å². The van der Waals surface area contributed by atoms with E-state index in [1.54, 1.807) is 42.3 Å². The van der Waals surface area contributed by atoms with Crippen LogP contribution < -0.4 is 10.0 Å². The quantitative estimate of drug-likeness (QED) is 0.653. The Hall–Kier alpha value is -1.91. The third kappa shape index (κ3) is 2.41. The number of thiazole rings is 1. The topological polar surface area (TPSA) is 104 Å². The van der Waals surface area contributed by atoms with E-state index in [1.807, 2.05) is 0 Å². The second kappa shape index (κ2) is 5.13. The van der Waals surface area contributed by atoms with Gasteiger partial charge in [-0.3, -0.25) is 4.40 Å². The van der Waals surface area contributed by atoms with Crippen molar-refractivity contribution in [3.8, 4) is 0 Å². The third-order valence-corrected chi connectivity index (χ3v) is 5.29. The zero-order valence-electron chi connectivity index (χ0n) is 11.4. The van der Waals surface area contributed by atoms with E-state index < -0.39 is 16.1 Å². The summed E-state index contributed by atoms with van der Waals surface area (Å²) >= 11 is 1.37. The van der Waals surface area contributed by atoms with Crippen LogP contribution in [0.15, 0.2) is 29.0 Å². The maximum atomic E-state index is 12.6. The van der Waals surface area contributed by atoms with Crippen LogP contribution in [0, 0.1) is 0 Å². The van der Waals surface area contributed by atoms with Gasteiger partial charge in [-0.1, -0.05) is 0 Å². The van der Waals surface area contributed by atoms with E-state index in [4.69, 9.17) is 0 Å². The number of rotatable bonds is 5. The highest BCUT2D eigenvalue weighted by Gasteiger charge is 2.27. The molecule has 0 radical (unpaired) electrons. The molecule has 112 valence electrons. The molecular formula is C11H14N6O2S2. The lowest BCUT2D eigenvalue weighted by Crippen LogP contribution is -2.29. The Morgan fingerprint density at radius 1 is 1.48 bits per heavy atom. The molecule has 3 N–H and O–H groups in total. The van der Waals surface area contributed by atoms with Gasteiger partial charge in [0.1, 0.15) is 5.82 Å². The van der Waals surface area contributed by atoms with Gasteiger partial charge in [-0.25, -0.2) is 18.4 Å². The van der Waals surface area contributed by atoms with E-state index in [-0.39, 0.29) is 5.03 Å². The van der Waals surface area contributed by atoms with Crippen LogP contribution in [-0.2, 0) is 10.0 Å². The Bertz CT molecular complexity index is 849. The van der Waals surface area contributed by atoms with Crippen molar-refractivity contribution in [3.63, 3.8) is 0 Å². The summed E-state index contributed by atoms with van der Waals surface area (Å²) in [5.74, 6) is 0.872. The second-order valence-corrected chi connectivity index (χ2v) is 6.89. The lowest BCUT2D eigenvalue weighted by molar-refractivity contribution is 0.557. The molecule has 3 rings (SSSR count). The highest BCUT2D eigenvalue weighted by Crippen LogP contribution is 2.26. The van der Waals surface area contributed by atoms with Crippen LogP contribution >= 0.6 is 11.3 Å². The standard InChI is InChI=1S/C11H14N6O2S2/c1-7(8-13-3-4-14-8)16-21(18,19)10-9(12-2)15-11-17(10)5-6-20-11/h3-7,12,16H,1-2H3,(H,13,14). The molecule has 0 aliphatic carbocycles. The summed E-state index contributed by atoms with van der Waals surface area (Å²) in [6.45, 7) is 1.72. The molecule has 0 fully saturated rings. The third-order valence-electron chi connectivity index (χ3n) is 2.97. The number of aromatic nitrogens is 4. The summed E-state index contributed by atoms with van der Waals surface area (Å²) in [5, 5.41) is 4.70. The maximum Gasteiger partial charge on any atom is 0.261 e. The monoisotopic (exact) mass is 326 g/mol. The van der Waals surface area contributed by atoms with Crippen molar-refractivity contribution in [2.45, 2.75) is 18.0 Å². The number of anilines is 1. The van der Waals surface area contributed by atoms with E-state index in [2.05, 4.69) is 25.0 Å². The van der Waals surface area contributed by atoms with Crippen LogP contribution in [0.4, 0.5) is 5.82 Å². The summed E-state index contributed by atoms with van der Waals surface area (Å²) < 4.78 is 29.4. The molecule has 1 atom stereocenters.